The van der Waals surface area contributed by atoms with Gasteiger partial charge in [-0.05, 0) is 116 Å². The predicted molar refractivity (Wildman–Crippen MR) is 236 cm³/mol. The van der Waals surface area contributed by atoms with Crippen molar-refractivity contribution in [3.05, 3.63) is 0 Å². The summed E-state index contributed by atoms with van der Waals surface area (Å²) in [5.74, 6) is -0.943. The Hall–Kier alpha value is -2.59. The first-order valence-electron chi connectivity index (χ1n) is 24.2. The van der Waals surface area contributed by atoms with Gasteiger partial charge >= 0.3 is 19.8 Å². The second kappa shape index (κ2) is 25.8. The quantitative estimate of drug-likeness (QED) is 0.0269. The molecule has 0 bridgehead atoms. The van der Waals surface area contributed by atoms with Gasteiger partial charge < -0.3 is 18.9 Å². The first-order chi connectivity index (χ1) is 29.6. The third-order valence-electron chi connectivity index (χ3n) is 12.3. The molecule has 0 radical (unpaired) electrons. The Bertz CT molecular complexity index is 1510. The zero-order valence-electron chi connectivity index (χ0n) is 39.0. The fourth-order valence-corrected chi connectivity index (χ4v) is 8.56. The number of phosphoric ester groups is 1. The Kier molecular flexibility index (Phi) is 21.6. The van der Waals surface area contributed by atoms with Gasteiger partial charge in [0.25, 0.3) is 0 Å². The summed E-state index contributed by atoms with van der Waals surface area (Å²) in [6.07, 6.45) is 26.0. The van der Waals surface area contributed by atoms with Crippen molar-refractivity contribution in [3.8, 4) is 0 Å². The van der Waals surface area contributed by atoms with Gasteiger partial charge in [0.1, 0.15) is 19.8 Å². The number of hydrogen-bond acceptors (Lipinski definition) is 15. The highest BCUT2D eigenvalue weighted by Gasteiger charge is 2.41. The Balaban J connectivity index is 1.07. The number of phosphoric acid groups is 1. The molecule has 354 valence electrons. The van der Waals surface area contributed by atoms with Gasteiger partial charge in [-0.15, -0.1) is 0 Å². The zero-order valence-corrected chi connectivity index (χ0v) is 39.9. The molecule has 0 saturated heterocycles. The second-order valence-corrected chi connectivity index (χ2v) is 20.7. The number of quaternary nitrogens is 1. The largest absolute Gasteiger partial charge is 0.472 e. The summed E-state index contributed by atoms with van der Waals surface area (Å²) >= 11 is 0. The van der Waals surface area contributed by atoms with Gasteiger partial charge in [-0.2, -0.15) is 40.9 Å². The first-order valence-corrected chi connectivity index (χ1v) is 25.7. The van der Waals surface area contributed by atoms with Crippen molar-refractivity contribution < 1.29 is 42.1 Å². The zero-order chi connectivity index (χ0) is 44.8. The van der Waals surface area contributed by atoms with E-state index in [9.17, 15) is 19.0 Å². The van der Waals surface area contributed by atoms with Crippen molar-refractivity contribution >= 4 is 19.8 Å². The van der Waals surface area contributed by atoms with Crippen LogP contribution in [0.3, 0.4) is 0 Å². The van der Waals surface area contributed by atoms with E-state index in [1.54, 1.807) is 0 Å². The Morgan fingerprint density at radius 3 is 1.24 bits per heavy atom. The van der Waals surface area contributed by atoms with Crippen LogP contribution in [-0.4, -0.2) is 97.6 Å². The van der Waals surface area contributed by atoms with Crippen molar-refractivity contribution in [2.24, 2.45) is 40.9 Å². The van der Waals surface area contributed by atoms with Gasteiger partial charge in [-0.3, -0.25) is 18.6 Å². The van der Waals surface area contributed by atoms with Crippen LogP contribution < -0.4 is 0 Å². The number of unbranched alkanes of at least 4 members (excludes halogenated alkanes) is 12. The van der Waals surface area contributed by atoms with Gasteiger partial charge in [0.2, 0.25) is 0 Å². The van der Waals surface area contributed by atoms with E-state index in [2.05, 4.69) is 54.8 Å². The molecule has 0 aromatic carbocycles. The Morgan fingerprint density at radius 1 is 0.516 bits per heavy atom. The summed E-state index contributed by atoms with van der Waals surface area (Å²) in [7, 11) is 1.37. The van der Waals surface area contributed by atoms with Gasteiger partial charge in [-0.1, -0.05) is 65.2 Å². The summed E-state index contributed by atoms with van der Waals surface area (Å²) in [6, 6.07) is 0. The number of nitrogens with zero attached hydrogens (tertiary/aromatic N) is 9. The van der Waals surface area contributed by atoms with Crippen LogP contribution in [0, 0.1) is 0 Å². The third-order valence-corrected chi connectivity index (χ3v) is 13.3. The molecule has 2 unspecified atom stereocenters. The number of carbonyl (C=O) groups is 2. The molecule has 0 amide bonds. The molecule has 2 atom stereocenters. The van der Waals surface area contributed by atoms with E-state index in [0.29, 0.717) is 23.9 Å². The highest BCUT2D eigenvalue weighted by molar-refractivity contribution is 7.47. The summed E-state index contributed by atoms with van der Waals surface area (Å²) in [4.78, 5) is 35.9. The van der Waals surface area contributed by atoms with Crippen LogP contribution in [0.4, 0.5) is 0 Å². The third kappa shape index (κ3) is 22.3. The van der Waals surface area contributed by atoms with E-state index in [0.717, 1.165) is 96.3 Å². The van der Waals surface area contributed by atoms with E-state index in [1.807, 2.05) is 21.1 Å². The lowest BCUT2D eigenvalue weighted by molar-refractivity contribution is -0.870. The molecule has 4 aliphatic rings. The molecule has 62 heavy (non-hydrogen) atoms. The summed E-state index contributed by atoms with van der Waals surface area (Å²) < 4.78 is 34.6. The second-order valence-electron chi connectivity index (χ2n) is 19.3. The highest BCUT2D eigenvalue weighted by Crippen LogP contribution is 2.44. The van der Waals surface area contributed by atoms with Crippen molar-refractivity contribution in [1.82, 2.24) is 0 Å². The highest BCUT2D eigenvalue weighted by atomic mass is 31.2. The topological polar surface area (TPSA) is 207 Å². The molecule has 1 N–H and O–H groups in total. The predicted octanol–water partition coefficient (Wildman–Crippen LogP) is 11.9. The molecule has 0 saturated carbocycles. The fraction of sp³-hybridized carbons (Fsp3) is 0.955. The lowest BCUT2D eigenvalue weighted by Crippen LogP contribution is -2.37. The monoisotopic (exact) mass is 895 g/mol. The molecule has 0 spiro atoms. The molecule has 0 fully saturated rings. The molecule has 18 heteroatoms. The average molecular weight is 895 g/mol. The van der Waals surface area contributed by atoms with Crippen LogP contribution in [0.5, 0.6) is 0 Å². The fourth-order valence-electron chi connectivity index (χ4n) is 7.81. The molecular formula is C44H81N9O8P+. The van der Waals surface area contributed by atoms with Crippen LogP contribution in [0.2, 0.25) is 0 Å². The van der Waals surface area contributed by atoms with Crippen LogP contribution >= 0.6 is 7.82 Å². The minimum absolute atomic E-state index is 0.000200. The molecule has 4 rings (SSSR count). The molecule has 17 nitrogen and oxygen atoms in total. The molecule has 0 aromatic heterocycles. The van der Waals surface area contributed by atoms with Gasteiger partial charge in [0.05, 0.1) is 27.7 Å². The van der Waals surface area contributed by atoms with Gasteiger partial charge in [-0.25, -0.2) is 4.57 Å². The van der Waals surface area contributed by atoms with E-state index in [-0.39, 0.29) is 48.7 Å². The SMILES string of the molecule is CCCCC1(CCCCCCCC2(CCCCC(=O)OCC(COP(=O)(O)OCC[N+](C)(C)C)OC(=O)CCCCC3(CCCCCCCC4(CCCC)N=N4)N=N3)N=N2)N=N1. The standard InChI is InChI=1S/C44H80N9O8P/c1-6-8-26-41(45-46-41)28-18-12-10-14-20-30-43(49-50-43)32-22-16-24-39(54)58-36-38(37-60-62(56,57)59-35-34-53(3,4)5)61-40(55)25-17-23-33-44(51-52-44)31-21-15-11-13-19-29-42(47-48-42)27-9-7-2/h38H,6-37H2,1-5H3/p+1. The number of likely N-dealkylation sites (N-methyl/N-ethyl adjacent to an activating group) is 1. The summed E-state index contributed by atoms with van der Waals surface area (Å²) in [6.45, 7) is 4.13. The van der Waals surface area contributed by atoms with Crippen molar-refractivity contribution in [3.63, 3.8) is 0 Å². The molecule has 4 aliphatic heterocycles. The maximum absolute atomic E-state index is 12.9. The lowest BCUT2D eigenvalue weighted by atomic mass is 9.96. The Labute approximate surface area is 371 Å². The Morgan fingerprint density at radius 2 is 0.871 bits per heavy atom. The van der Waals surface area contributed by atoms with Crippen LogP contribution in [0.1, 0.15) is 194 Å². The van der Waals surface area contributed by atoms with Crippen molar-refractivity contribution in [2.75, 3.05) is 47.5 Å². The van der Waals surface area contributed by atoms with E-state index in [4.69, 9.17) is 18.5 Å². The van der Waals surface area contributed by atoms with E-state index in [1.165, 1.54) is 57.8 Å². The van der Waals surface area contributed by atoms with E-state index >= 15 is 0 Å². The van der Waals surface area contributed by atoms with Crippen LogP contribution in [-0.2, 0) is 32.7 Å². The number of esters is 2. The van der Waals surface area contributed by atoms with E-state index < -0.39 is 32.5 Å². The van der Waals surface area contributed by atoms with Gasteiger partial charge in [0.15, 0.2) is 28.8 Å². The minimum atomic E-state index is -4.44. The number of carbonyl (C=O) groups excluding carboxylic acids is 2. The van der Waals surface area contributed by atoms with Gasteiger partial charge in [0, 0.05) is 12.8 Å². The molecule has 4 heterocycles. The maximum Gasteiger partial charge on any atom is 0.472 e. The smallest absolute Gasteiger partial charge is 0.462 e. The molecular weight excluding hydrogens is 814 g/mol. The number of hydrogen-bond donors (Lipinski definition) is 1. The normalized spacial score (nSPS) is 19.3. The number of ether oxygens (including phenoxy) is 2. The maximum atomic E-state index is 12.9. The summed E-state index contributed by atoms with van der Waals surface area (Å²) in [5.41, 5.74) is -0.722. The number of rotatable bonds is 42. The van der Waals surface area contributed by atoms with Crippen molar-refractivity contribution in [2.45, 2.75) is 222 Å². The lowest BCUT2D eigenvalue weighted by Gasteiger charge is -2.24. The van der Waals surface area contributed by atoms with Crippen LogP contribution in [0.25, 0.3) is 0 Å². The minimum Gasteiger partial charge on any atom is -0.462 e. The van der Waals surface area contributed by atoms with Crippen LogP contribution in [0.15, 0.2) is 40.9 Å². The van der Waals surface area contributed by atoms with Crippen molar-refractivity contribution in [1.29, 1.82) is 0 Å². The molecule has 0 aliphatic carbocycles. The summed E-state index contributed by atoms with van der Waals surface area (Å²) in [5, 5.41) is 34.6. The molecule has 0 aromatic rings. The average Bonchev–Trinajstić information content (AvgIpc) is 4.03. The first kappa shape index (κ1) is 52.0.